The van der Waals surface area contributed by atoms with Crippen LogP contribution in [0.1, 0.15) is 0 Å². The lowest BCUT2D eigenvalue weighted by atomic mass is 11.0. The minimum atomic E-state index is -0.806. The maximum absolute atomic E-state index is 9.13. The molecule has 32 valence electrons. The lowest BCUT2D eigenvalue weighted by Gasteiger charge is -1.69. The van der Waals surface area contributed by atoms with Crippen LogP contribution in [0, 0.1) is 10.1 Å². The minimum absolute atomic E-state index is 0.319. The Morgan fingerprint density at radius 2 is 2.50 bits per heavy atom. The summed E-state index contributed by atoms with van der Waals surface area (Å²) < 4.78 is 0. The molecule has 4 heteroatoms. The second-order valence-corrected chi connectivity index (χ2v) is 0.544. The molecule has 0 aliphatic rings. The highest BCUT2D eigenvalue weighted by Crippen LogP contribution is 1.57. The first-order valence-corrected chi connectivity index (χ1v) is 1.14. The number of rotatable bonds is 1. The zero-order chi connectivity index (χ0) is 4.99. The molecule has 0 aromatic heterocycles. The molecule has 0 aliphatic carbocycles. The third-order valence-corrected chi connectivity index (χ3v) is 0.163. The van der Waals surface area contributed by atoms with Crippen LogP contribution in [0.25, 0.3) is 5.41 Å². The topological polar surface area (TPSA) is 65.4 Å². The molecule has 4 nitrogen and oxygen atoms in total. The fourth-order valence-electron chi connectivity index (χ4n) is 0.0471. The lowest BCUT2D eigenvalue weighted by molar-refractivity contribution is -0.399. The highest BCUT2D eigenvalue weighted by molar-refractivity contribution is 5.52. The first-order chi connectivity index (χ1) is 2.77. The number of hydrogen-bond donors (Lipinski definition) is 0. The standard InChI is InChI=1S/C2HN2O2/c3-1-2-4(5)6/h2H/q-1. The summed E-state index contributed by atoms with van der Waals surface area (Å²) in [6.07, 6.45) is 0.319. The van der Waals surface area contributed by atoms with Crippen LogP contribution in [0.3, 0.4) is 0 Å². The third-order valence-electron chi connectivity index (χ3n) is 0.163. The molecule has 0 amide bonds. The van der Waals surface area contributed by atoms with Crippen molar-refractivity contribution in [3.63, 3.8) is 0 Å². The van der Waals surface area contributed by atoms with Gasteiger partial charge in [0, 0.05) is 0 Å². The number of nitrogens with zero attached hydrogens (tertiary/aromatic N) is 2. The van der Waals surface area contributed by atoms with Crippen LogP contribution in [-0.2, 0) is 0 Å². The van der Waals surface area contributed by atoms with Crippen LogP contribution in [0.2, 0.25) is 0 Å². The lowest BCUT2D eigenvalue weighted by Crippen LogP contribution is -1.80. The molecule has 0 atom stereocenters. The third kappa shape index (κ3) is 2.85. The second kappa shape index (κ2) is 2.11. The van der Waals surface area contributed by atoms with E-state index in [-0.39, 0.29) is 0 Å². The fourth-order valence-corrected chi connectivity index (χ4v) is 0.0471. The van der Waals surface area contributed by atoms with Crippen LogP contribution in [0.5, 0.6) is 0 Å². The van der Waals surface area contributed by atoms with Crippen molar-refractivity contribution < 1.29 is 4.92 Å². The van der Waals surface area contributed by atoms with E-state index < -0.39 is 4.92 Å². The van der Waals surface area contributed by atoms with Crippen LogP contribution in [0.15, 0.2) is 6.20 Å². The molecule has 0 spiro atoms. The quantitative estimate of drug-likeness (QED) is 0.256. The van der Waals surface area contributed by atoms with Crippen molar-refractivity contribution in [3.8, 4) is 0 Å². The molecular weight excluding hydrogens is 84.0 g/mol. The van der Waals surface area contributed by atoms with Gasteiger partial charge in [-0.25, -0.2) is 0 Å². The van der Waals surface area contributed by atoms with E-state index in [9.17, 15) is 0 Å². The Balaban J connectivity index is 3.60. The average Bonchev–Trinajstić information content (AvgIpc) is 1.35. The van der Waals surface area contributed by atoms with Crippen molar-refractivity contribution in [2.75, 3.05) is 0 Å². The maximum atomic E-state index is 9.13. The van der Waals surface area contributed by atoms with Crippen molar-refractivity contribution in [3.05, 3.63) is 21.7 Å². The zero-order valence-electron chi connectivity index (χ0n) is 2.79. The van der Waals surface area contributed by atoms with Crippen molar-refractivity contribution in [1.82, 2.24) is 0 Å². The molecule has 0 radical (unpaired) electrons. The first-order valence-electron chi connectivity index (χ1n) is 1.14. The molecule has 0 fully saturated rings. The highest BCUT2D eigenvalue weighted by Gasteiger charge is 1.70. The summed E-state index contributed by atoms with van der Waals surface area (Å²) in [6, 6.07) is 0. The van der Waals surface area contributed by atoms with E-state index in [1.807, 2.05) is 0 Å². The predicted octanol–water partition coefficient (Wildman–Crippen LogP) is 0.0159. The minimum Gasteiger partial charge on any atom is -0.758 e. The van der Waals surface area contributed by atoms with Crippen molar-refractivity contribution >= 4 is 5.87 Å². The van der Waals surface area contributed by atoms with Gasteiger partial charge >= 0.3 is 0 Å². The van der Waals surface area contributed by atoms with Crippen molar-refractivity contribution in [1.29, 1.82) is 0 Å². The van der Waals surface area contributed by atoms with E-state index in [1.165, 1.54) is 5.87 Å². The Hall–Kier alpha value is -1.15. The molecule has 0 rings (SSSR count). The van der Waals surface area contributed by atoms with Gasteiger partial charge in [-0.3, -0.25) is 10.1 Å². The molecule has 0 heterocycles. The fraction of sp³-hybridized carbons (Fsp3) is 0. The Morgan fingerprint density at radius 3 is 2.50 bits per heavy atom. The van der Waals surface area contributed by atoms with Crippen LogP contribution in [0.4, 0.5) is 0 Å². The van der Waals surface area contributed by atoms with E-state index in [2.05, 4.69) is 0 Å². The first kappa shape index (κ1) is 4.85. The largest absolute Gasteiger partial charge is 0.758 e. The molecule has 0 saturated heterocycles. The van der Waals surface area contributed by atoms with Crippen LogP contribution in [-0.4, -0.2) is 10.8 Å². The average molecular weight is 85.0 g/mol. The Kier molecular flexibility index (Phi) is 1.71. The molecule has 0 saturated carbocycles. The summed E-state index contributed by atoms with van der Waals surface area (Å²) >= 11 is 0. The molecule has 0 aromatic rings. The maximum Gasteiger partial charge on any atom is 0.253 e. The summed E-state index contributed by atoms with van der Waals surface area (Å²) in [4.78, 5) is 8.32. The predicted molar refractivity (Wildman–Crippen MR) is 19.9 cm³/mol. The summed E-state index contributed by atoms with van der Waals surface area (Å²) in [5, 5.41) is 16.6. The van der Waals surface area contributed by atoms with Gasteiger partial charge in [0.05, 0.1) is 4.92 Å². The highest BCUT2D eigenvalue weighted by atomic mass is 16.6. The van der Waals surface area contributed by atoms with Gasteiger partial charge in [0.25, 0.3) is 6.20 Å². The monoisotopic (exact) mass is 85.0 g/mol. The molecule has 0 aromatic carbocycles. The normalized spacial score (nSPS) is 6.00. The van der Waals surface area contributed by atoms with E-state index in [0.29, 0.717) is 6.20 Å². The van der Waals surface area contributed by atoms with Gasteiger partial charge in [-0.15, -0.1) is 0 Å². The van der Waals surface area contributed by atoms with E-state index in [0.717, 1.165) is 0 Å². The van der Waals surface area contributed by atoms with E-state index in [4.69, 9.17) is 15.5 Å². The zero-order valence-corrected chi connectivity index (χ0v) is 2.79. The van der Waals surface area contributed by atoms with Gasteiger partial charge in [-0.05, 0) is 0 Å². The Labute approximate surface area is 33.8 Å². The smallest absolute Gasteiger partial charge is 0.253 e. The summed E-state index contributed by atoms with van der Waals surface area (Å²) in [7, 11) is 0. The number of nitro groups is 1. The summed E-state index contributed by atoms with van der Waals surface area (Å²) in [5.41, 5.74) is 0. The Morgan fingerprint density at radius 1 is 2.00 bits per heavy atom. The molecule has 0 unspecified atom stereocenters. The van der Waals surface area contributed by atoms with Crippen molar-refractivity contribution in [2.24, 2.45) is 0 Å². The molecule has 6 heavy (non-hydrogen) atoms. The van der Waals surface area contributed by atoms with Crippen LogP contribution < -0.4 is 0 Å². The number of hydrogen-bond acceptors (Lipinski definition) is 2. The Bertz CT molecular complexity index is 102. The van der Waals surface area contributed by atoms with Gasteiger partial charge in [-0.1, -0.05) is 0 Å². The van der Waals surface area contributed by atoms with Gasteiger partial charge in [0.2, 0.25) is 0 Å². The molecule has 0 bridgehead atoms. The molecular formula is C2HN2O2-. The van der Waals surface area contributed by atoms with Gasteiger partial charge < -0.3 is 5.41 Å². The SMILES string of the molecule is [N-]=C=C[N+](=O)[O-]. The van der Waals surface area contributed by atoms with E-state index in [1.54, 1.807) is 0 Å². The molecule has 0 N–H and O–H groups in total. The second-order valence-electron chi connectivity index (χ2n) is 0.544. The van der Waals surface area contributed by atoms with Gasteiger partial charge in [0.1, 0.15) is 0 Å². The van der Waals surface area contributed by atoms with Crippen LogP contribution >= 0.6 is 0 Å². The van der Waals surface area contributed by atoms with Crippen molar-refractivity contribution in [2.45, 2.75) is 0 Å². The summed E-state index contributed by atoms with van der Waals surface area (Å²) in [6.45, 7) is 0. The van der Waals surface area contributed by atoms with Gasteiger partial charge in [-0.2, -0.15) is 5.87 Å². The van der Waals surface area contributed by atoms with Gasteiger partial charge in [0.15, 0.2) is 0 Å². The molecule has 0 aliphatic heterocycles. The van der Waals surface area contributed by atoms with E-state index >= 15 is 0 Å². The summed E-state index contributed by atoms with van der Waals surface area (Å²) in [5.74, 6) is 1.24.